The number of hydrogen-bond donors (Lipinski definition) is 1. The normalized spacial score (nSPS) is 10.3. The molecule has 0 saturated carbocycles. The Labute approximate surface area is 109 Å². The summed E-state index contributed by atoms with van der Waals surface area (Å²) in [5.41, 5.74) is 1.07. The van der Waals surface area contributed by atoms with Crippen LogP contribution in [0.15, 0.2) is 30.3 Å². The van der Waals surface area contributed by atoms with E-state index in [1.165, 1.54) is 5.56 Å². The molecule has 1 rings (SSSR count). The number of benzene rings is 1. The second-order valence-electron chi connectivity index (χ2n) is 3.62. The summed E-state index contributed by atoms with van der Waals surface area (Å²) in [5.74, 6) is 0. The SMILES string of the molecule is CC(C)(CO)c1ccccc1.[Cl][Ti]([Cl])[Cl]. The summed E-state index contributed by atoms with van der Waals surface area (Å²) in [5, 5.41) is 9.05. The van der Waals surface area contributed by atoms with Gasteiger partial charge in [0.2, 0.25) is 0 Å². The maximum absolute atomic E-state index is 9.05. The number of rotatable bonds is 2. The van der Waals surface area contributed by atoms with Crippen molar-refractivity contribution < 1.29 is 19.8 Å². The predicted octanol–water partition coefficient (Wildman–Crippen LogP) is 4.02. The fourth-order valence-electron chi connectivity index (χ4n) is 0.981. The van der Waals surface area contributed by atoms with Crippen molar-refractivity contribution in [2.24, 2.45) is 0 Å². The zero-order valence-electron chi connectivity index (χ0n) is 8.67. The predicted molar refractivity (Wildman–Crippen MR) is 64.1 cm³/mol. The van der Waals surface area contributed by atoms with E-state index in [4.69, 9.17) is 33.0 Å². The van der Waals surface area contributed by atoms with Crippen LogP contribution in [-0.2, 0) is 20.1 Å². The first kappa shape index (κ1) is 15.8. The molecule has 0 unspecified atom stereocenters. The maximum atomic E-state index is 9.05. The summed E-state index contributed by atoms with van der Waals surface area (Å²) in [7, 11) is 14.9. The van der Waals surface area contributed by atoms with Gasteiger partial charge in [0.25, 0.3) is 0 Å². The zero-order valence-corrected chi connectivity index (χ0v) is 12.5. The van der Waals surface area contributed by atoms with Gasteiger partial charge in [0.15, 0.2) is 0 Å². The standard InChI is InChI=1S/C10H14O.3ClH.Ti/c1-10(2,8-11)9-6-4-3-5-7-9;;;;/h3-7,11H,8H2,1-2H3;3*1H;/q;;;;+3/p-3. The van der Waals surface area contributed by atoms with Gasteiger partial charge in [-0.3, -0.25) is 0 Å². The van der Waals surface area contributed by atoms with Crippen molar-refractivity contribution in [1.82, 2.24) is 0 Å². The van der Waals surface area contributed by atoms with Crippen LogP contribution in [0.2, 0.25) is 0 Å². The molecule has 0 amide bonds. The van der Waals surface area contributed by atoms with Crippen molar-refractivity contribution in [3.63, 3.8) is 0 Å². The van der Waals surface area contributed by atoms with Crippen molar-refractivity contribution in [2.45, 2.75) is 19.3 Å². The van der Waals surface area contributed by atoms with Gasteiger partial charge in [0, 0.05) is 5.41 Å². The first-order valence-corrected chi connectivity index (χ1v) is 10.8. The third kappa shape index (κ3) is 7.62. The van der Waals surface area contributed by atoms with Gasteiger partial charge in [-0.25, -0.2) is 0 Å². The Kier molecular flexibility index (Phi) is 8.35. The summed E-state index contributed by atoms with van der Waals surface area (Å²) >= 11 is -1.92. The van der Waals surface area contributed by atoms with Gasteiger partial charge in [-0.15, -0.1) is 0 Å². The van der Waals surface area contributed by atoms with Gasteiger partial charge >= 0.3 is 42.6 Å². The molecular formula is C10H14Cl3OTi. The number of hydrogen-bond acceptors (Lipinski definition) is 1. The molecule has 0 aliphatic heterocycles. The van der Waals surface area contributed by atoms with E-state index in [1.807, 2.05) is 44.2 Å². The van der Waals surface area contributed by atoms with Crippen LogP contribution in [-0.4, -0.2) is 11.7 Å². The molecule has 0 radical (unpaired) electrons. The van der Waals surface area contributed by atoms with Crippen molar-refractivity contribution in [1.29, 1.82) is 0 Å². The summed E-state index contributed by atoms with van der Waals surface area (Å²) in [6.07, 6.45) is 0. The minimum absolute atomic E-state index is 0.110. The third-order valence-corrected chi connectivity index (χ3v) is 1.95. The molecule has 15 heavy (non-hydrogen) atoms. The van der Waals surface area contributed by atoms with Gasteiger partial charge in [-0.05, 0) is 5.56 Å². The van der Waals surface area contributed by atoms with Gasteiger partial charge < -0.3 is 5.11 Å². The van der Waals surface area contributed by atoms with Crippen LogP contribution in [0.1, 0.15) is 19.4 Å². The Bertz CT molecular complexity index is 262. The van der Waals surface area contributed by atoms with Crippen molar-refractivity contribution >= 4 is 27.9 Å². The van der Waals surface area contributed by atoms with E-state index in [0.717, 1.165) is 0 Å². The molecule has 0 heterocycles. The fourth-order valence-corrected chi connectivity index (χ4v) is 0.981. The second kappa shape index (κ2) is 7.94. The average Bonchev–Trinajstić information content (AvgIpc) is 2.18. The summed E-state index contributed by atoms with van der Waals surface area (Å²) in [6.45, 7) is 4.25. The number of aliphatic hydroxyl groups is 1. The molecule has 0 saturated heterocycles. The fraction of sp³-hybridized carbons (Fsp3) is 0.400. The van der Waals surface area contributed by atoms with E-state index in [-0.39, 0.29) is 12.0 Å². The summed E-state index contributed by atoms with van der Waals surface area (Å²) < 4.78 is 0. The van der Waals surface area contributed by atoms with Crippen LogP contribution < -0.4 is 0 Å². The molecule has 0 bridgehead atoms. The minimum atomic E-state index is -1.92. The van der Waals surface area contributed by atoms with Crippen molar-refractivity contribution in [2.75, 3.05) is 6.61 Å². The first-order chi connectivity index (χ1) is 6.90. The van der Waals surface area contributed by atoms with Crippen molar-refractivity contribution in [3.8, 4) is 0 Å². The Morgan fingerprint density at radius 3 is 1.87 bits per heavy atom. The molecule has 85 valence electrons. The quantitative estimate of drug-likeness (QED) is 0.818. The third-order valence-electron chi connectivity index (χ3n) is 1.95. The Balaban J connectivity index is 0.000000423. The van der Waals surface area contributed by atoms with E-state index in [0.29, 0.717) is 0 Å². The molecule has 0 fully saturated rings. The van der Waals surface area contributed by atoms with Gasteiger partial charge in [0.1, 0.15) is 0 Å². The molecule has 0 spiro atoms. The molecular weight excluding hydrogens is 290 g/mol. The molecule has 0 atom stereocenters. The van der Waals surface area contributed by atoms with Crippen molar-refractivity contribution in [3.05, 3.63) is 35.9 Å². The molecule has 0 aliphatic rings. The first-order valence-electron chi connectivity index (χ1n) is 4.40. The average molecular weight is 304 g/mol. The molecule has 1 N–H and O–H groups in total. The summed E-state index contributed by atoms with van der Waals surface area (Å²) in [6, 6.07) is 10.0. The van der Waals surface area contributed by atoms with Crippen LogP contribution >= 0.6 is 27.9 Å². The van der Waals surface area contributed by atoms with Crippen LogP contribution in [0.25, 0.3) is 0 Å². The Morgan fingerprint density at radius 1 is 1.13 bits per heavy atom. The van der Waals surface area contributed by atoms with E-state index in [2.05, 4.69) is 0 Å². The van der Waals surface area contributed by atoms with E-state index >= 15 is 0 Å². The molecule has 0 aromatic heterocycles. The Morgan fingerprint density at radius 2 is 1.53 bits per heavy atom. The zero-order chi connectivity index (χ0) is 11.9. The number of halogens is 3. The topological polar surface area (TPSA) is 20.2 Å². The molecule has 1 aromatic rings. The molecule has 0 aliphatic carbocycles. The van der Waals surface area contributed by atoms with E-state index in [9.17, 15) is 0 Å². The van der Waals surface area contributed by atoms with Gasteiger partial charge in [-0.2, -0.15) is 0 Å². The Hall–Kier alpha value is 0.764. The molecule has 1 aromatic carbocycles. The monoisotopic (exact) mass is 303 g/mol. The van der Waals surface area contributed by atoms with E-state index in [1.54, 1.807) is 0 Å². The second-order valence-corrected chi connectivity index (χ2v) is 11.4. The van der Waals surface area contributed by atoms with Gasteiger partial charge in [0.05, 0.1) is 6.61 Å². The van der Waals surface area contributed by atoms with Crippen LogP contribution in [0.3, 0.4) is 0 Å². The summed E-state index contributed by atoms with van der Waals surface area (Å²) in [4.78, 5) is 0. The molecule has 1 nitrogen and oxygen atoms in total. The molecule has 5 heteroatoms. The number of aliphatic hydroxyl groups excluding tert-OH is 1. The van der Waals surface area contributed by atoms with E-state index < -0.39 is 14.7 Å². The van der Waals surface area contributed by atoms with Crippen LogP contribution in [0, 0.1) is 0 Å². The van der Waals surface area contributed by atoms with Crippen LogP contribution in [0.4, 0.5) is 0 Å². The van der Waals surface area contributed by atoms with Crippen LogP contribution in [0.5, 0.6) is 0 Å². The van der Waals surface area contributed by atoms with Gasteiger partial charge in [-0.1, -0.05) is 44.2 Å².